The van der Waals surface area contributed by atoms with Gasteiger partial charge in [-0.15, -0.1) is 0 Å². The van der Waals surface area contributed by atoms with Gasteiger partial charge >= 0.3 is 6.18 Å². The highest BCUT2D eigenvalue weighted by Crippen LogP contribution is 2.38. The van der Waals surface area contributed by atoms with E-state index in [2.05, 4.69) is 17.1 Å². The summed E-state index contributed by atoms with van der Waals surface area (Å²) in [5.74, 6) is -0.608. The maximum absolute atomic E-state index is 13.5. The largest absolute Gasteiger partial charge is 0.417 e. The van der Waals surface area contributed by atoms with Gasteiger partial charge in [0.05, 0.1) is 21.2 Å². The summed E-state index contributed by atoms with van der Waals surface area (Å²) in [6, 6.07) is 10.6. The maximum atomic E-state index is 13.5. The summed E-state index contributed by atoms with van der Waals surface area (Å²) in [5, 5.41) is 2.16. The molecule has 36 heavy (non-hydrogen) atoms. The Bertz CT molecular complexity index is 1130. The van der Waals surface area contributed by atoms with Crippen molar-refractivity contribution in [2.45, 2.75) is 56.1 Å². The number of rotatable bonds is 10. The normalized spacial score (nSPS) is 17.1. The van der Waals surface area contributed by atoms with Gasteiger partial charge in [-0.2, -0.15) is 13.2 Å². The minimum atomic E-state index is -4.79. The van der Waals surface area contributed by atoms with Crippen molar-refractivity contribution in [1.29, 1.82) is 0 Å². The second-order valence-corrected chi connectivity index (χ2v) is 11.1. The lowest BCUT2D eigenvalue weighted by atomic mass is 10.00. The van der Waals surface area contributed by atoms with E-state index in [9.17, 15) is 26.4 Å². The zero-order valence-electron chi connectivity index (χ0n) is 20.1. The summed E-state index contributed by atoms with van der Waals surface area (Å²) < 4.78 is 67.7. The van der Waals surface area contributed by atoms with Gasteiger partial charge < -0.3 is 10.2 Å². The van der Waals surface area contributed by atoms with E-state index in [1.165, 1.54) is 30.7 Å². The molecule has 1 aliphatic heterocycles. The first-order chi connectivity index (χ1) is 17.0. The molecule has 198 valence electrons. The van der Waals surface area contributed by atoms with E-state index in [0.29, 0.717) is 29.4 Å². The lowest BCUT2D eigenvalue weighted by Crippen LogP contribution is -2.43. The third-order valence-electron chi connectivity index (χ3n) is 6.33. The average Bonchev–Trinajstić information content (AvgIpc) is 2.85. The molecule has 0 radical (unpaired) electrons. The molecule has 6 nitrogen and oxygen atoms in total. The number of piperidine rings is 1. The second-order valence-electron chi connectivity index (χ2n) is 8.78. The third kappa shape index (κ3) is 7.14. The fraction of sp³-hybridized carbons (Fsp3) is 0.480. The monoisotopic (exact) mass is 545 g/mol. The summed E-state index contributed by atoms with van der Waals surface area (Å²) in [7, 11) is -4.33. The van der Waals surface area contributed by atoms with Crippen LogP contribution in [0, 0.1) is 0 Å². The standard InChI is InChI=1S/C25H31ClF3N3O3S/c1-2-19-9-6-7-15-31(19)16-8-14-30-24(33)18-32(36(34,35)21-10-4-3-5-11-21)20-12-13-23(26)22(17-20)25(27,28)29/h3-5,10-13,17,19H,2,6-9,14-16,18H2,1H3,(H,30,33). The van der Waals surface area contributed by atoms with Gasteiger partial charge in [-0.3, -0.25) is 9.10 Å². The van der Waals surface area contributed by atoms with Gasteiger partial charge in [0, 0.05) is 19.1 Å². The molecule has 1 N–H and O–H groups in total. The van der Waals surface area contributed by atoms with Crippen LogP contribution in [-0.4, -0.2) is 51.4 Å². The number of benzene rings is 2. The molecule has 11 heteroatoms. The van der Waals surface area contributed by atoms with Crippen LogP contribution in [0.1, 0.15) is 44.6 Å². The van der Waals surface area contributed by atoms with Crippen LogP contribution < -0.4 is 9.62 Å². The summed E-state index contributed by atoms with van der Waals surface area (Å²) in [4.78, 5) is 15.0. The SMILES string of the molecule is CCC1CCCCN1CCCNC(=O)CN(c1ccc(Cl)c(C(F)(F)F)c1)S(=O)(=O)c1ccccc1. The average molecular weight is 546 g/mol. The molecular formula is C25H31ClF3N3O3S. The minimum absolute atomic E-state index is 0.142. The predicted octanol–water partition coefficient (Wildman–Crippen LogP) is 5.32. The topological polar surface area (TPSA) is 69.7 Å². The number of halogens is 4. The second kappa shape index (κ2) is 12.3. The highest BCUT2D eigenvalue weighted by atomic mass is 35.5. The molecule has 2 aromatic rings. The molecule has 0 saturated carbocycles. The summed E-state index contributed by atoms with van der Waals surface area (Å²) in [6.07, 6.45) is 0.499. The van der Waals surface area contributed by atoms with Crippen LogP contribution in [0.3, 0.4) is 0 Å². The fourth-order valence-electron chi connectivity index (χ4n) is 4.43. The van der Waals surface area contributed by atoms with Gasteiger partial charge in [-0.25, -0.2) is 8.42 Å². The Labute approximate surface area is 215 Å². The minimum Gasteiger partial charge on any atom is -0.354 e. The molecule has 0 aliphatic carbocycles. The van der Waals surface area contributed by atoms with E-state index in [0.717, 1.165) is 44.5 Å². The Balaban J connectivity index is 1.76. The van der Waals surface area contributed by atoms with Crippen LogP contribution in [0.4, 0.5) is 18.9 Å². The Morgan fingerprint density at radius 1 is 1.17 bits per heavy atom. The molecule has 3 rings (SSSR count). The van der Waals surface area contributed by atoms with E-state index < -0.39 is 39.2 Å². The van der Waals surface area contributed by atoms with Crippen LogP contribution in [0.25, 0.3) is 0 Å². The van der Waals surface area contributed by atoms with Crippen LogP contribution >= 0.6 is 11.6 Å². The Hall–Kier alpha value is -2.30. The van der Waals surface area contributed by atoms with E-state index in [4.69, 9.17) is 11.6 Å². The van der Waals surface area contributed by atoms with Gasteiger partial charge in [-0.05, 0) is 62.6 Å². The quantitative estimate of drug-likeness (QED) is 0.410. The number of carbonyl (C=O) groups excluding carboxylic acids is 1. The van der Waals surface area contributed by atoms with E-state index in [1.54, 1.807) is 6.07 Å². The van der Waals surface area contributed by atoms with Crippen LogP contribution in [0.5, 0.6) is 0 Å². The molecule has 1 saturated heterocycles. The highest BCUT2D eigenvalue weighted by Gasteiger charge is 2.35. The van der Waals surface area contributed by atoms with Gasteiger partial charge in [0.1, 0.15) is 6.54 Å². The first kappa shape index (κ1) is 28.3. The smallest absolute Gasteiger partial charge is 0.354 e. The van der Waals surface area contributed by atoms with Crippen molar-refractivity contribution in [2.75, 3.05) is 30.5 Å². The predicted molar refractivity (Wildman–Crippen MR) is 135 cm³/mol. The van der Waals surface area contributed by atoms with Crippen molar-refractivity contribution in [3.63, 3.8) is 0 Å². The number of anilines is 1. The molecule has 1 fully saturated rings. The van der Waals surface area contributed by atoms with Crippen molar-refractivity contribution >= 4 is 33.2 Å². The van der Waals surface area contributed by atoms with Crippen LogP contribution in [-0.2, 0) is 21.0 Å². The van der Waals surface area contributed by atoms with E-state index in [-0.39, 0.29) is 10.6 Å². The number of sulfonamides is 1. The molecule has 0 bridgehead atoms. The van der Waals surface area contributed by atoms with E-state index in [1.807, 2.05) is 0 Å². The number of likely N-dealkylation sites (tertiary alicyclic amines) is 1. The van der Waals surface area contributed by atoms with Gasteiger partial charge in [0.25, 0.3) is 10.0 Å². The molecule has 2 aromatic carbocycles. The van der Waals surface area contributed by atoms with Gasteiger partial charge in [0.15, 0.2) is 0 Å². The lowest BCUT2D eigenvalue weighted by Gasteiger charge is -2.35. The van der Waals surface area contributed by atoms with Crippen molar-refractivity contribution in [1.82, 2.24) is 10.2 Å². The molecule has 1 atom stereocenters. The molecule has 1 heterocycles. The molecule has 1 aliphatic rings. The Morgan fingerprint density at radius 3 is 2.56 bits per heavy atom. The first-order valence-corrected chi connectivity index (χ1v) is 13.8. The maximum Gasteiger partial charge on any atom is 0.417 e. The number of nitrogens with one attached hydrogen (secondary N) is 1. The summed E-state index contributed by atoms with van der Waals surface area (Å²) in [6.45, 7) is 3.66. The highest BCUT2D eigenvalue weighted by molar-refractivity contribution is 7.92. The molecule has 0 aromatic heterocycles. The van der Waals surface area contributed by atoms with E-state index >= 15 is 0 Å². The summed E-state index contributed by atoms with van der Waals surface area (Å²) in [5.41, 5.74) is -1.48. The molecule has 1 unspecified atom stereocenters. The number of nitrogens with zero attached hydrogens (tertiary/aromatic N) is 2. The van der Waals surface area contributed by atoms with Crippen molar-refractivity contribution in [3.05, 3.63) is 59.1 Å². The van der Waals surface area contributed by atoms with Crippen LogP contribution in [0.2, 0.25) is 5.02 Å². The van der Waals surface area contributed by atoms with Crippen molar-refractivity contribution < 1.29 is 26.4 Å². The molecule has 0 spiro atoms. The third-order valence-corrected chi connectivity index (χ3v) is 8.44. The lowest BCUT2D eigenvalue weighted by molar-refractivity contribution is -0.137. The zero-order chi connectivity index (χ0) is 26.3. The fourth-order valence-corrected chi connectivity index (χ4v) is 6.09. The van der Waals surface area contributed by atoms with Crippen molar-refractivity contribution in [2.24, 2.45) is 0 Å². The molecular weight excluding hydrogens is 515 g/mol. The Kier molecular flexibility index (Phi) is 9.66. The Morgan fingerprint density at radius 2 is 1.89 bits per heavy atom. The number of alkyl halides is 3. The number of carbonyl (C=O) groups is 1. The number of hydrogen-bond acceptors (Lipinski definition) is 4. The van der Waals surface area contributed by atoms with Crippen molar-refractivity contribution in [3.8, 4) is 0 Å². The van der Waals surface area contributed by atoms with Gasteiger partial charge in [-0.1, -0.05) is 43.1 Å². The zero-order valence-corrected chi connectivity index (χ0v) is 21.7. The van der Waals surface area contributed by atoms with Crippen LogP contribution in [0.15, 0.2) is 53.4 Å². The first-order valence-electron chi connectivity index (χ1n) is 12.0. The van der Waals surface area contributed by atoms with Gasteiger partial charge in [0.2, 0.25) is 5.91 Å². The number of hydrogen-bond donors (Lipinski definition) is 1. The molecule has 1 amide bonds. The summed E-state index contributed by atoms with van der Waals surface area (Å²) >= 11 is 5.72. The number of amides is 1.